The zero-order valence-corrected chi connectivity index (χ0v) is 21.4. The van der Waals surface area contributed by atoms with Crippen molar-refractivity contribution >= 4 is 47.2 Å². The third-order valence-electron chi connectivity index (χ3n) is 5.08. The summed E-state index contributed by atoms with van der Waals surface area (Å²) < 4.78 is 5.10. The van der Waals surface area contributed by atoms with Crippen LogP contribution >= 0.6 is 35.3 Å². The topological polar surface area (TPSA) is 78.8 Å². The van der Waals surface area contributed by atoms with Gasteiger partial charge in [-0.1, -0.05) is 6.42 Å². The van der Waals surface area contributed by atoms with E-state index in [1.807, 2.05) is 13.8 Å². The number of guanidine groups is 1. The number of rotatable bonds is 8. The summed E-state index contributed by atoms with van der Waals surface area (Å²) in [6, 6.07) is 0.660. The minimum atomic E-state index is -0.301. The molecule has 0 amide bonds. The standard InChI is InChI=1S/C20H35N5O2S.HI/c1-6-27-19(26)17-15(3)23-18(28-17)16(4)24-20(21-5)22-11-9-13-25-12-8-7-10-14(25)2;/h14,16H,6-13H2,1-5H3,(H2,21,22,24);1H. The first-order chi connectivity index (χ1) is 13.5. The lowest BCUT2D eigenvalue weighted by Gasteiger charge is -2.33. The molecule has 2 atom stereocenters. The van der Waals surface area contributed by atoms with E-state index in [4.69, 9.17) is 4.74 Å². The molecular weight excluding hydrogens is 501 g/mol. The molecule has 1 aliphatic heterocycles. The van der Waals surface area contributed by atoms with E-state index in [1.54, 1.807) is 14.0 Å². The van der Waals surface area contributed by atoms with Crippen LogP contribution in [0.5, 0.6) is 0 Å². The predicted molar refractivity (Wildman–Crippen MR) is 131 cm³/mol. The highest BCUT2D eigenvalue weighted by Gasteiger charge is 2.20. The number of carbonyl (C=O) groups excluding carboxylic acids is 1. The average Bonchev–Trinajstić information content (AvgIpc) is 3.07. The fourth-order valence-electron chi connectivity index (χ4n) is 3.43. The van der Waals surface area contributed by atoms with Crippen LogP contribution in [0.15, 0.2) is 4.99 Å². The zero-order chi connectivity index (χ0) is 20.5. The Hall–Kier alpha value is -0.940. The van der Waals surface area contributed by atoms with E-state index in [9.17, 15) is 4.79 Å². The van der Waals surface area contributed by atoms with Gasteiger partial charge in [0.2, 0.25) is 0 Å². The van der Waals surface area contributed by atoms with Crippen molar-refractivity contribution in [3.05, 3.63) is 15.6 Å². The van der Waals surface area contributed by atoms with Gasteiger partial charge in [0, 0.05) is 26.2 Å². The fraction of sp³-hybridized carbons (Fsp3) is 0.750. The Bertz CT molecular complexity index is 667. The highest BCUT2D eigenvalue weighted by atomic mass is 127. The van der Waals surface area contributed by atoms with E-state index < -0.39 is 0 Å². The number of likely N-dealkylation sites (tertiary alicyclic amines) is 1. The smallest absolute Gasteiger partial charge is 0.350 e. The molecule has 1 saturated heterocycles. The second-order valence-corrected chi connectivity index (χ2v) is 8.32. The number of aryl methyl sites for hydroxylation is 1. The van der Waals surface area contributed by atoms with Crippen LogP contribution < -0.4 is 10.6 Å². The van der Waals surface area contributed by atoms with Crippen LogP contribution in [0.3, 0.4) is 0 Å². The quantitative estimate of drug-likeness (QED) is 0.173. The largest absolute Gasteiger partial charge is 0.462 e. The minimum Gasteiger partial charge on any atom is -0.462 e. The lowest BCUT2D eigenvalue weighted by molar-refractivity contribution is 0.0531. The third-order valence-corrected chi connectivity index (χ3v) is 6.40. The molecular formula is C20H36IN5O2S. The summed E-state index contributed by atoms with van der Waals surface area (Å²) in [4.78, 5) is 24.0. The molecule has 0 bridgehead atoms. The van der Waals surface area contributed by atoms with Crippen LogP contribution in [0.2, 0.25) is 0 Å². The van der Waals surface area contributed by atoms with E-state index in [1.165, 1.54) is 37.1 Å². The number of ether oxygens (including phenoxy) is 1. The number of nitrogens with one attached hydrogen (secondary N) is 2. The van der Waals surface area contributed by atoms with Gasteiger partial charge in [-0.05, 0) is 53.5 Å². The molecule has 2 unspecified atom stereocenters. The van der Waals surface area contributed by atoms with Gasteiger partial charge in [0.25, 0.3) is 0 Å². The number of aliphatic imine (C=N–C) groups is 1. The van der Waals surface area contributed by atoms with Crippen LogP contribution in [0.4, 0.5) is 0 Å². The van der Waals surface area contributed by atoms with Gasteiger partial charge < -0.3 is 20.3 Å². The second kappa shape index (κ2) is 13.4. The van der Waals surface area contributed by atoms with Crippen molar-refractivity contribution in [3.63, 3.8) is 0 Å². The van der Waals surface area contributed by atoms with Gasteiger partial charge in [-0.15, -0.1) is 35.3 Å². The van der Waals surface area contributed by atoms with Crippen molar-refractivity contribution in [2.24, 2.45) is 4.99 Å². The number of hydrogen-bond acceptors (Lipinski definition) is 6. The fourth-order valence-corrected chi connectivity index (χ4v) is 4.39. The van der Waals surface area contributed by atoms with E-state index in [0.29, 0.717) is 23.2 Å². The van der Waals surface area contributed by atoms with Crippen LogP contribution in [0.1, 0.15) is 72.9 Å². The monoisotopic (exact) mass is 537 g/mol. The molecule has 166 valence electrons. The van der Waals surface area contributed by atoms with E-state index >= 15 is 0 Å². The summed E-state index contributed by atoms with van der Waals surface area (Å²) in [5, 5.41) is 7.60. The second-order valence-electron chi connectivity index (χ2n) is 7.29. The molecule has 2 rings (SSSR count). The molecule has 0 saturated carbocycles. The lowest BCUT2D eigenvalue weighted by Crippen LogP contribution is -2.41. The van der Waals surface area contributed by atoms with Gasteiger partial charge in [0.15, 0.2) is 5.96 Å². The third kappa shape index (κ3) is 8.01. The molecule has 9 heteroatoms. The summed E-state index contributed by atoms with van der Waals surface area (Å²) in [6.07, 6.45) is 5.08. The van der Waals surface area contributed by atoms with Gasteiger partial charge in [-0.2, -0.15) is 0 Å². The molecule has 7 nitrogen and oxygen atoms in total. The molecule has 0 aliphatic carbocycles. The number of carbonyl (C=O) groups is 1. The number of aromatic nitrogens is 1. The van der Waals surface area contributed by atoms with Crippen LogP contribution in [-0.4, -0.2) is 61.1 Å². The maximum absolute atomic E-state index is 12.0. The first-order valence-corrected chi connectivity index (χ1v) is 11.1. The molecule has 1 aliphatic rings. The normalized spacial score (nSPS) is 18.7. The minimum absolute atomic E-state index is 0. The molecule has 1 aromatic rings. The molecule has 29 heavy (non-hydrogen) atoms. The summed E-state index contributed by atoms with van der Waals surface area (Å²) in [6.45, 7) is 11.6. The van der Waals surface area contributed by atoms with Crippen molar-refractivity contribution in [1.29, 1.82) is 0 Å². The first kappa shape index (κ1) is 26.1. The van der Waals surface area contributed by atoms with Crippen LogP contribution in [0.25, 0.3) is 0 Å². The van der Waals surface area contributed by atoms with Crippen molar-refractivity contribution < 1.29 is 9.53 Å². The number of piperidine rings is 1. The zero-order valence-electron chi connectivity index (χ0n) is 18.3. The summed E-state index contributed by atoms with van der Waals surface area (Å²) in [5.41, 5.74) is 0.714. The van der Waals surface area contributed by atoms with E-state index in [-0.39, 0.29) is 36.0 Å². The Kier molecular flexibility index (Phi) is 12.0. The van der Waals surface area contributed by atoms with Crippen molar-refractivity contribution in [2.45, 2.75) is 65.5 Å². The molecule has 0 aromatic carbocycles. The van der Waals surface area contributed by atoms with Gasteiger partial charge >= 0.3 is 5.97 Å². The molecule has 0 radical (unpaired) electrons. The summed E-state index contributed by atoms with van der Waals surface area (Å²) in [5.74, 6) is 0.454. The number of thiazole rings is 1. The number of nitrogens with zero attached hydrogens (tertiary/aromatic N) is 3. The first-order valence-electron chi connectivity index (χ1n) is 10.3. The maximum Gasteiger partial charge on any atom is 0.350 e. The average molecular weight is 538 g/mol. The van der Waals surface area contributed by atoms with Crippen molar-refractivity contribution in [1.82, 2.24) is 20.5 Å². The predicted octanol–water partition coefficient (Wildman–Crippen LogP) is 3.74. The SMILES string of the molecule is CCOC(=O)c1sc(C(C)NC(=NC)NCCCN2CCCCC2C)nc1C.I. The van der Waals surface area contributed by atoms with Crippen LogP contribution in [-0.2, 0) is 4.74 Å². The number of esters is 1. The summed E-state index contributed by atoms with van der Waals surface area (Å²) in [7, 11) is 1.77. The van der Waals surface area contributed by atoms with Crippen molar-refractivity contribution in [3.8, 4) is 0 Å². The number of halogens is 1. The Balaban J connectivity index is 0.00000420. The van der Waals surface area contributed by atoms with Gasteiger partial charge in [-0.25, -0.2) is 9.78 Å². The molecule has 2 heterocycles. The molecule has 1 fully saturated rings. The molecule has 2 N–H and O–H groups in total. The van der Waals surface area contributed by atoms with E-state index in [0.717, 1.165) is 30.5 Å². The van der Waals surface area contributed by atoms with Gasteiger partial charge in [0.05, 0.1) is 18.3 Å². The van der Waals surface area contributed by atoms with Crippen molar-refractivity contribution in [2.75, 3.05) is 33.3 Å². The molecule has 1 aromatic heterocycles. The molecule has 0 spiro atoms. The Morgan fingerprint density at radius 3 is 2.86 bits per heavy atom. The van der Waals surface area contributed by atoms with E-state index in [2.05, 4.69) is 32.4 Å². The van der Waals surface area contributed by atoms with Crippen LogP contribution in [0, 0.1) is 6.92 Å². The Morgan fingerprint density at radius 2 is 2.21 bits per heavy atom. The van der Waals surface area contributed by atoms with Gasteiger partial charge in [0.1, 0.15) is 9.88 Å². The number of hydrogen-bond donors (Lipinski definition) is 2. The summed E-state index contributed by atoms with van der Waals surface area (Å²) >= 11 is 1.38. The Labute approximate surface area is 196 Å². The Morgan fingerprint density at radius 1 is 1.45 bits per heavy atom. The maximum atomic E-state index is 12.0. The highest BCUT2D eigenvalue weighted by molar-refractivity contribution is 14.0. The lowest BCUT2D eigenvalue weighted by atomic mass is 10.0. The van der Waals surface area contributed by atoms with Gasteiger partial charge in [-0.3, -0.25) is 4.99 Å². The highest BCUT2D eigenvalue weighted by Crippen LogP contribution is 2.24.